The molecule has 7 nitrogen and oxygen atoms in total. The average Bonchev–Trinajstić information content (AvgIpc) is 2.90. The lowest BCUT2D eigenvalue weighted by atomic mass is 9.95. The molecular weight excluding hydrogens is 324 g/mol. The molecule has 0 unspecified atom stereocenters. The zero-order chi connectivity index (χ0) is 16.7. The number of hydrogen-bond donors (Lipinski definition) is 1. The van der Waals surface area contributed by atoms with Crippen LogP contribution in [-0.4, -0.2) is 61.7 Å². The highest BCUT2D eigenvalue weighted by Crippen LogP contribution is 2.38. The smallest absolute Gasteiger partial charge is 0.307 e. The molecule has 1 amide bonds. The maximum Gasteiger partial charge on any atom is 0.307 e. The van der Waals surface area contributed by atoms with Gasteiger partial charge in [-0.2, -0.15) is 8.42 Å². The Labute approximate surface area is 126 Å². The number of halogens is 2. The maximum absolute atomic E-state index is 13.2. The third kappa shape index (κ3) is 3.92. The van der Waals surface area contributed by atoms with E-state index in [1.807, 2.05) is 0 Å². The first-order valence-electron chi connectivity index (χ1n) is 6.76. The fourth-order valence-electron chi connectivity index (χ4n) is 3.02. The number of carboxylic acids is 1. The van der Waals surface area contributed by atoms with E-state index in [9.17, 15) is 31.9 Å². The van der Waals surface area contributed by atoms with Gasteiger partial charge >= 0.3 is 5.97 Å². The Hall–Kier alpha value is -1.29. The molecule has 2 fully saturated rings. The molecule has 0 aromatic rings. The van der Waals surface area contributed by atoms with Crippen molar-refractivity contribution in [2.24, 2.45) is 11.8 Å². The summed E-state index contributed by atoms with van der Waals surface area (Å²) < 4.78 is 53.4. The minimum atomic E-state index is -3.78. The Bertz CT molecular complexity index is 578. The van der Waals surface area contributed by atoms with Crippen LogP contribution < -0.4 is 0 Å². The van der Waals surface area contributed by atoms with Gasteiger partial charge in [0.25, 0.3) is 16.0 Å². The van der Waals surface area contributed by atoms with Crippen LogP contribution in [0.4, 0.5) is 8.78 Å². The van der Waals surface area contributed by atoms with Crippen LogP contribution in [0.5, 0.6) is 0 Å². The molecule has 1 N–H and O–H groups in total. The molecule has 3 atom stereocenters. The summed E-state index contributed by atoms with van der Waals surface area (Å²) in [7, 11) is -3.78. The zero-order valence-electron chi connectivity index (χ0n) is 11.9. The predicted octanol–water partition coefficient (Wildman–Crippen LogP) is 0.310. The Morgan fingerprint density at radius 3 is 2.32 bits per heavy atom. The van der Waals surface area contributed by atoms with Crippen LogP contribution in [0.15, 0.2) is 0 Å². The van der Waals surface area contributed by atoms with Gasteiger partial charge in [0, 0.05) is 13.0 Å². The van der Waals surface area contributed by atoms with Crippen LogP contribution >= 0.6 is 0 Å². The number of rotatable bonds is 4. The van der Waals surface area contributed by atoms with Crippen molar-refractivity contribution in [3.63, 3.8) is 0 Å². The second-order valence-corrected chi connectivity index (χ2v) is 7.41. The first-order chi connectivity index (χ1) is 9.98. The van der Waals surface area contributed by atoms with Gasteiger partial charge in [0.05, 0.1) is 30.7 Å². The number of carboxylic acid groups (broad SMARTS) is 1. The van der Waals surface area contributed by atoms with Crippen LogP contribution in [0, 0.1) is 11.8 Å². The first-order valence-corrected chi connectivity index (χ1v) is 8.58. The normalized spacial score (nSPS) is 31.4. The molecular formula is C12H17F2NO6S. The van der Waals surface area contributed by atoms with E-state index in [1.54, 1.807) is 0 Å². The highest BCUT2D eigenvalue weighted by Gasteiger charge is 2.49. The van der Waals surface area contributed by atoms with E-state index < -0.39 is 58.8 Å². The van der Waals surface area contributed by atoms with Gasteiger partial charge in [-0.15, -0.1) is 0 Å². The van der Waals surface area contributed by atoms with Crippen molar-refractivity contribution >= 4 is 22.0 Å². The van der Waals surface area contributed by atoms with Gasteiger partial charge in [-0.25, -0.2) is 8.78 Å². The summed E-state index contributed by atoms with van der Waals surface area (Å²) in [4.78, 5) is 24.5. The molecule has 0 bridgehead atoms. The zero-order valence-corrected chi connectivity index (χ0v) is 12.7. The predicted molar refractivity (Wildman–Crippen MR) is 69.7 cm³/mol. The second kappa shape index (κ2) is 5.73. The summed E-state index contributed by atoms with van der Waals surface area (Å²) in [6.07, 6.45) is -0.785. The molecule has 1 aliphatic carbocycles. The Kier molecular flexibility index (Phi) is 4.44. The minimum absolute atomic E-state index is 0.106. The van der Waals surface area contributed by atoms with Gasteiger partial charge < -0.3 is 10.0 Å². The van der Waals surface area contributed by atoms with E-state index >= 15 is 0 Å². The van der Waals surface area contributed by atoms with Gasteiger partial charge in [-0.3, -0.25) is 13.8 Å². The lowest BCUT2D eigenvalue weighted by Gasteiger charge is -2.22. The molecule has 1 heterocycles. The van der Waals surface area contributed by atoms with Gasteiger partial charge in [0.1, 0.15) is 0 Å². The maximum atomic E-state index is 13.2. The van der Waals surface area contributed by atoms with E-state index in [0.717, 1.165) is 11.2 Å². The Morgan fingerprint density at radius 2 is 1.86 bits per heavy atom. The van der Waals surface area contributed by atoms with Crippen LogP contribution in [0.3, 0.4) is 0 Å². The summed E-state index contributed by atoms with van der Waals surface area (Å²) >= 11 is 0. The molecule has 0 aromatic carbocycles. The van der Waals surface area contributed by atoms with E-state index in [2.05, 4.69) is 0 Å². The van der Waals surface area contributed by atoms with E-state index in [-0.39, 0.29) is 19.4 Å². The van der Waals surface area contributed by atoms with Crippen molar-refractivity contribution in [2.75, 3.05) is 19.3 Å². The SMILES string of the molecule is CS(=O)(=O)O[C@H]1C[C@@H](C(=O)O)[C@H](C(=O)N2CCC(F)(F)C2)C1. The molecule has 2 rings (SSSR count). The van der Waals surface area contributed by atoms with Gasteiger partial charge in [-0.05, 0) is 12.8 Å². The first kappa shape index (κ1) is 17.1. The van der Waals surface area contributed by atoms with Gasteiger partial charge in [0.15, 0.2) is 0 Å². The third-order valence-corrected chi connectivity index (χ3v) is 4.57. The molecule has 0 aromatic heterocycles. The number of likely N-dealkylation sites (tertiary alicyclic amines) is 1. The molecule has 1 saturated carbocycles. The summed E-state index contributed by atoms with van der Waals surface area (Å²) in [6.45, 7) is -0.863. The van der Waals surface area contributed by atoms with Gasteiger partial charge in [-0.1, -0.05) is 0 Å². The number of amides is 1. The van der Waals surface area contributed by atoms with Crippen molar-refractivity contribution in [1.82, 2.24) is 4.90 Å². The lowest BCUT2D eigenvalue weighted by molar-refractivity contribution is -0.149. The standard InChI is InChI=1S/C12H17F2NO6S/c1-22(19,20)21-7-4-8(9(5-7)11(17)18)10(16)15-3-2-12(13,14)6-15/h7-9H,2-6H2,1H3,(H,17,18)/t7-,8-,9-/m1/s1. The van der Waals surface area contributed by atoms with Crippen LogP contribution in [-0.2, 0) is 23.9 Å². The van der Waals surface area contributed by atoms with Crippen molar-refractivity contribution < 1.29 is 36.1 Å². The monoisotopic (exact) mass is 341 g/mol. The highest BCUT2D eigenvalue weighted by atomic mass is 32.2. The molecule has 1 saturated heterocycles. The molecule has 22 heavy (non-hydrogen) atoms. The van der Waals surface area contributed by atoms with Crippen molar-refractivity contribution in [2.45, 2.75) is 31.3 Å². The van der Waals surface area contributed by atoms with Crippen LogP contribution in [0.25, 0.3) is 0 Å². The number of carbonyl (C=O) groups excluding carboxylic acids is 1. The summed E-state index contributed by atoms with van der Waals surface area (Å²) in [6, 6.07) is 0. The number of nitrogens with zero attached hydrogens (tertiary/aromatic N) is 1. The topological polar surface area (TPSA) is 101 Å². The Balaban J connectivity index is 2.10. The van der Waals surface area contributed by atoms with Crippen molar-refractivity contribution in [1.29, 1.82) is 0 Å². The number of alkyl halides is 2. The van der Waals surface area contributed by atoms with E-state index in [0.29, 0.717) is 0 Å². The van der Waals surface area contributed by atoms with Crippen LogP contribution in [0.2, 0.25) is 0 Å². The summed E-state index contributed by atoms with van der Waals surface area (Å²) in [5.41, 5.74) is 0. The lowest BCUT2D eigenvalue weighted by Crippen LogP contribution is -2.39. The molecule has 126 valence electrons. The second-order valence-electron chi connectivity index (χ2n) is 5.81. The third-order valence-electron chi connectivity index (χ3n) is 3.95. The largest absolute Gasteiger partial charge is 0.481 e. The summed E-state index contributed by atoms with van der Waals surface area (Å²) in [5.74, 6) is -7.07. The minimum Gasteiger partial charge on any atom is -0.481 e. The molecule has 2 aliphatic rings. The van der Waals surface area contributed by atoms with Crippen molar-refractivity contribution in [3.05, 3.63) is 0 Å². The molecule has 0 radical (unpaired) electrons. The van der Waals surface area contributed by atoms with E-state index in [1.165, 1.54) is 0 Å². The molecule has 10 heteroatoms. The summed E-state index contributed by atoms with van der Waals surface area (Å²) in [5, 5.41) is 9.17. The number of hydrogen-bond acceptors (Lipinski definition) is 5. The molecule has 1 aliphatic heterocycles. The van der Waals surface area contributed by atoms with Gasteiger partial charge in [0.2, 0.25) is 5.91 Å². The molecule has 0 spiro atoms. The fourth-order valence-corrected chi connectivity index (χ4v) is 3.67. The quantitative estimate of drug-likeness (QED) is 0.739. The number of carbonyl (C=O) groups is 2. The fraction of sp³-hybridized carbons (Fsp3) is 0.833. The number of aliphatic carboxylic acids is 1. The highest BCUT2D eigenvalue weighted by molar-refractivity contribution is 7.86. The van der Waals surface area contributed by atoms with E-state index in [4.69, 9.17) is 4.18 Å². The average molecular weight is 341 g/mol. The van der Waals surface area contributed by atoms with Crippen molar-refractivity contribution in [3.8, 4) is 0 Å². The Morgan fingerprint density at radius 1 is 1.27 bits per heavy atom. The van der Waals surface area contributed by atoms with Crippen LogP contribution in [0.1, 0.15) is 19.3 Å².